The monoisotopic (exact) mass is 434 g/mol. The Bertz CT molecular complexity index is 1150. The highest BCUT2D eigenvalue weighted by atomic mass is 32.2. The number of hydrogen-bond acceptors (Lipinski definition) is 6. The van der Waals surface area contributed by atoms with Crippen molar-refractivity contribution in [3.63, 3.8) is 0 Å². The fourth-order valence-corrected chi connectivity index (χ4v) is 5.35. The molecule has 1 aromatic carbocycles. The average Bonchev–Trinajstić information content (AvgIpc) is 3.36. The van der Waals surface area contributed by atoms with E-state index in [2.05, 4.69) is 33.2 Å². The van der Waals surface area contributed by atoms with Gasteiger partial charge in [-0.25, -0.2) is 17.7 Å². The Balaban J connectivity index is 1.64. The number of nitrogens with zero attached hydrogens (tertiary/aromatic N) is 6. The maximum absolute atomic E-state index is 12.4. The molecule has 0 radical (unpaired) electrons. The van der Waals surface area contributed by atoms with Gasteiger partial charge in [-0.05, 0) is 44.9 Å². The van der Waals surface area contributed by atoms with Crippen LogP contribution in [-0.2, 0) is 28.9 Å². The Hall–Kier alpha value is -1.91. The first-order chi connectivity index (χ1) is 13.9. The standard InChI is InChI=1S/C19H26N6O2S2/c1-5-24-16-10-9-14(29(26,27)23(3)4)11-15(16)20-17(24)12-28-19-22-21-18(13-7-8-13)25(19)6-2/h9-11,13H,5-8,12H2,1-4H3. The molecule has 156 valence electrons. The molecule has 0 bridgehead atoms. The van der Waals surface area contributed by atoms with Crippen molar-refractivity contribution in [1.29, 1.82) is 0 Å². The molecule has 2 heterocycles. The van der Waals surface area contributed by atoms with Gasteiger partial charge >= 0.3 is 0 Å². The van der Waals surface area contributed by atoms with Gasteiger partial charge in [0.2, 0.25) is 10.0 Å². The summed E-state index contributed by atoms with van der Waals surface area (Å²) in [5, 5.41) is 9.70. The summed E-state index contributed by atoms with van der Waals surface area (Å²) >= 11 is 1.63. The first-order valence-corrected chi connectivity index (χ1v) is 12.3. The van der Waals surface area contributed by atoms with E-state index in [1.165, 1.54) is 31.2 Å². The zero-order chi connectivity index (χ0) is 20.8. The van der Waals surface area contributed by atoms with Gasteiger partial charge < -0.3 is 9.13 Å². The molecule has 1 aliphatic rings. The van der Waals surface area contributed by atoms with E-state index < -0.39 is 10.0 Å². The van der Waals surface area contributed by atoms with Gasteiger partial charge in [0.15, 0.2) is 5.16 Å². The zero-order valence-electron chi connectivity index (χ0n) is 17.2. The van der Waals surface area contributed by atoms with Crippen LogP contribution >= 0.6 is 11.8 Å². The van der Waals surface area contributed by atoms with Gasteiger partial charge in [-0.3, -0.25) is 0 Å². The second kappa shape index (κ2) is 7.73. The van der Waals surface area contributed by atoms with Crippen molar-refractivity contribution in [2.24, 2.45) is 0 Å². The van der Waals surface area contributed by atoms with Crippen molar-refractivity contribution in [1.82, 2.24) is 28.6 Å². The third kappa shape index (κ3) is 3.69. The van der Waals surface area contributed by atoms with Crippen LogP contribution in [0, 0.1) is 0 Å². The number of hydrogen-bond donors (Lipinski definition) is 0. The molecule has 0 atom stereocenters. The maximum atomic E-state index is 12.4. The number of sulfonamides is 1. The van der Waals surface area contributed by atoms with Gasteiger partial charge in [-0.2, -0.15) is 0 Å². The molecular weight excluding hydrogens is 408 g/mol. The van der Waals surface area contributed by atoms with Crippen LogP contribution in [0.5, 0.6) is 0 Å². The molecule has 0 spiro atoms. The minimum absolute atomic E-state index is 0.259. The first-order valence-electron chi connectivity index (χ1n) is 9.84. The van der Waals surface area contributed by atoms with Crippen molar-refractivity contribution in [3.05, 3.63) is 29.8 Å². The normalized spacial score (nSPS) is 14.9. The molecule has 1 aliphatic carbocycles. The molecule has 2 aromatic heterocycles. The number of fused-ring (bicyclic) bond motifs is 1. The molecular formula is C19H26N6O2S2. The number of aromatic nitrogens is 5. The number of thioether (sulfide) groups is 1. The highest BCUT2D eigenvalue weighted by Gasteiger charge is 2.30. The SMILES string of the molecule is CCn1c(SCc2nc3cc(S(=O)(=O)N(C)C)ccc3n2CC)nnc1C1CC1. The van der Waals surface area contributed by atoms with Crippen molar-refractivity contribution >= 4 is 32.8 Å². The molecule has 1 saturated carbocycles. The maximum Gasteiger partial charge on any atom is 0.242 e. The van der Waals surface area contributed by atoms with Crippen LogP contribution in [-0.4, -0.2) is 51.1 Å². The Labute approximate surface area is 175 Å². The second-order valence-electron chi connectivity index (χ2n) is 7.36. The van der Waals surface area contributed by atoms with E-state index in [4.69, 9.17) is 4.98 Å². The smallest absolute Gasteiger partial charge is 0.242 e. The third-order valence-corrected chi connectivity index (χ3v) is 8.00. The molecule has 4 rings (SSSR count). The predicted molar refractivity (Wildman–Crippen MR) is 114 cm³/mol. The summed E-state index contributed by atoms with van der Waals surface area (Å²) in [6, 6.07) is 5.15. The van der Waals surface area contributed by atoms with Crippen LogP contribution in [0.25, 0.3) is 11.0 Å². The lowest BCUT2D eigenvalue weighted by molar-refractivity contribution is 0.521. The number of imidazole rings is 1. The molecule has 29 heavy (non-hydrogen) atoms. The Morgan fingerprint density at radius 1 is 1.14 bits per heavy atom. The summed E-state index contributed by atoms with van der Waals surface area (Å²) < 4.78 is 30.4. The quantitative estimate of drug-likeness (QED) is 0.507. The predicted octanol–water partition coefficient (Wildman–Crippen LogP) is 3.09. The van der Waals surface area contributed by atoms with Gasteiger partial charge in [0.05, 0.1) is 21.7 Å². The molecule has 0 saturated heterocycles. The molecule has 8 nitrogen and oxygen atoms in total. The molecule has 1 fully saturated rings. The van der Waals surface area contributed by atoms with Crippen LogP contribution in [0.3, 0.4) is 0 Å². The fraction of sp³-hybridized carbons (Fsp3) is 0.526. The lowest BCUT2D eigenvalue weighted by atomic mass is 10.3. The van der Waals surface area contributed by atoms with Crippen LogP contribution in [0.15, 0.2) is 28.3 Å². The summed E-state index contributed by atoms with van der Waals surface area (Å²) in [6.07, 6.45) is 2.40. The lowest BCUT2D eigenvalue weighted by Crippen LogP contribution is -2.22. The van der Waals surface area contributed by atoms with Gasteiger partial charge in [-0.1, -0.05) is 11.8 Å². The van der Waals surface area contributed by atoms with Crippen LogP contribution in [0.2, 0.25) is 0 Å². The topological polar surface area (TPSA) is 85.9 Å². The number of rotatable bonds is 8. The number of aryl methyl sites for hydroxylation is 1. The van der Waals surface area contributed by atoms with Crippen molar-refractivity contribution in [2.75, 3.05) is 14.1 Å². The first kappa shape index (κ1) is 20.4. The minimum Gasteiger partial charge on any atom is -0.328 e. The largest absolute Gasteiger partial charge is 0.328 e. The van der Waals surface area contributed by atoms with Crippen molar-refractivity contribution in [3.8, 4) is 0 Å². The molecule has 0 aliphatic heterocycles. The minimum atomic E-state index is -3.49. The van der Waals surface area contributed by atoms with E-state index in [0.717, 1.165) is 35.4 Å². The lowest BCUT2D eigenvalue weighted by Gasteiger charge is -2.11. The summed E-state index contributed by atoms with van der Waals surface area (Å²) in [7, 11) is -0.418. The van der Waals surface area contributed by atoms with Crippen LogP contribution in [0.4, 0.5) is 0 Å². The third-order valence-electron chi connectivity index (χ3n) is 5.23. The van der Waals surface area contributed by atoms with Crippen molar-refractivity contribution in [2.45, 2.75) is 61.5 Å². The number of benzene rings is 1. The molecule has 3 aromatic rings. The average molecular weight is 435 g/mol. The van der Waals surface area contributed by atoms with E-state index in [1.54, 1.807) is 23.9 Å². The van der Waals surface area contributed by atoms with E-state index >= 15 is 0 Å². The summed E-state index contributed by atoms with van der Waals surface area (Å²) in [5.74, 6) is 3.22. The molecule has 10 heteroatoms. The Kier molecular flexibility index (Phi) is 5.43. The second-order valence-corrected chi connectivity index (χ2v) is 10.5. The summed E-state index contributed by atoms with van der Waals surface area (Å²) in [5.41, 5.74) is 1.64. The molecule has 0 N–H and O–H groups in total. The van der Waals surface area contributed by atoms with Gasteiger partial charge in [-0.15, -0.1) is 10.2 Å². The highest BCUT2D eigenvalue weighted by Crippen LogP contribution is 2.40. The van der Waals surface area contributed by atoms with Crippen molar-refractivity contribution < 1.29 is 8.42 Å². The van der Waals surface area contributed by atoms with E-state index in [1.807, 2.05) is 6.07 Å². The zero-order valence-corrected chi connectivity index (χ0v) is 18.8. The van der Waals surface area contributed by atoms with Gasteiger partial charge in [0.1, 0.15) is 11.6 Å². The Morgan fingerprint density at radius 2 is 1.86 bits per heavy atom. The molecule has 0 unspecified atom stereocenters. The molecule has 0 amide bonds. The van der Waals surface area contributed by atoms with Gasteiger partial charge in [0, 0.05) is 33.1 Å². The fourth-order valence-electron chi connectivity index (χ4n) is 3.47. The summed E-state index contributed by atoms with van der Waals surface area (Å²) in [6.45, 7) is 5.81. The Morgan fingerprint density at radius 3 is 2.48 bits per heavy atom. The van der Waals surface area contributed by atoms with E-state index in [-0.39, 0.29) is 4.90 Å². The van der Waals surface area contributed by atoms with Crippen LogP contribution in [0.1, 0.15) is 44.3 Å². The van der Waals surface area contributed by atoms with Gasteiger partial charge in [0.25, 0.3) is 0 Å². The summed E-state index contributed by atoms with van der Waals surface area (Å²) in [4.78, 5) is 5.00. The van der Waals surface area contributed by atoms with E-state index in [0.29, 0.717) is 17.2 Å². The van der Waals surface area contributed by atoms with E-state index in [9.17, 15) is 8.42 Å². The van der Waals surface area contributed by atoms with Crippen LogP contribution < -0.4 is 0 Å². The highest BCUT2D eigenvalue weighted by molar-refractivity contribution is 7.98.